The van der Waals surface area contributed by atoms with Gasteiger partial charge in [0.15, 0.2) is 0 Å². The molecule has 1 heterocycles. The SMILES string of the molecule is Cc1ccc(NC(=O)[C@H]2CC[C@H]3C[C@@H]2CC[C@H]3c2ccnc3ccc(F)cc23)cc1. The number of hydrogen-bond donors (Lipinski definition) is 1. The molecule has 0 saturated heterocycles. The van der Waals surface area contributed by atoms with E-state index in [1.165, 1.54) is 17.2 Å². The van der Waals surface area contributed by atoms with Gasteiger partial charge in [-0.15, -0.1) is 0 Å². The monoisotopic (exact) mass is 402 g/mol. The molecule has 4 heteroatoms. The third-order valence-corrected chi connectivity index (χ3v) is 7.23. The molecular weight excluding hydrogens is 375 g/mol. The number of nitrogens with one attached hydrogen (secondary N) is 1. The molecule has 1 N–H and O–H groups in total. The molecule has 4 atom stereocenters. The fourth-order valence-corrected chi connectivity index (χ4v) is 5.70. The Balaban J connectivity index is 1.32. The summed E-state index contributed by atoms with van der Waals surface area (Å²) in [7, 11) is 0. The Kier molecular flexibility index (Phi) is 5.01. The van der Waals surface area contributed by atoms with Gasteiger partial charge in [-0.2, -0.15) is 0 Å². The van der Waals surface area contributed by atoms with Crippen LogP contribution in [0.1, 0.15) is 49.1 Å². The first-order valence-electron chi connectivity index (χ1n) is 11.0. The molecule has 2 bridgehead atoms. The number of halogens is 1. The summed E-state index contributed by atoms with van der Waals surface area (Å²) in [6.07, 6.45) is 7.01. The number of aromatic nitrogens is 1. The van der Waals surface area contributed by atoms with Crippen molar-refractivity contribution in [2.75, 3.05) is 5.32 Å². The number of amides is 1. The Bertz CT molecular complexity index is 1080. The van der Waals surface area contributed by atoms with Crippen LogP contribution in [-0.2, 0) is 4.79 Å². The smallest absolute Gasteiger partial charge is 0.227 e. The normalized spacial score (nSPS) is 25.8. The lowest BCUT2D eigenvalue weighted by atomic mass is 9.61. The van der Waals surface area contributed by atoms with Crippen LogP contribution in [-0.4, -0.2) is 10.9 Å². The number of nitrogens with zero attached hydrogens (tertiary/aromatic N) is 1. The molecule has 3 nitrogen and oxygen atoms in total. The van der Waals surface area contributed by atoms with Crippen LogP contribution in [0.25, 0.3) is 10.9 Å². The van der Waals surface area contributed by atoms with Crippen molar-refractivity contribution in [1.29, 1.82) is 0 Å². The number of carbonyl (C=O) groups excluding carboxylic acids is 1. The van der Waals surface area contributed by atoms with E-state index in [9.17, 15) is 9.18 Å². The second-order valence-electron chi connectivity index (χ2n) is 9.04. The second-order valence-corrected chi connectivity index (χ2v) is 9.04. The van der Waals surface area contributed by atoms with Gasteiger partial charge in [-0.25, -0.2) is 4.39 Å². The highest BCUT2D eigenvalue weighted by Gasteiger charge is 2.42. The molecule has 154 valence electrons. The quantitative estimate of drug-likeness (QED) is 0.564. The molecule has 1 aromatic heterocycles. The zero-order valence-corrected chi connectivity index (χ0v) is 17.3. The van der Waals surface area contributed by atoms with Crippen LogP contribution in [0.4, 0.5) is 10.1 Å². The van der Waals surface area contributed by atoms with Crippen LogP contribution in [0.5, 0.6) is 0 Å². The Morgan fingerprint density at radius 2 is 1.80 bits per heavy atom. The Morgan fingerprint density at radius 3 is 2.63 bits per heavy atom. The molecule has 1 amide bonds. The molecule has 0 unspecified atom stereocenters. The lowest BCUT2D eigenvalue weighted by Gasteiger charge is -2.44. The lowest BCUT2D eigenvalue weighted by Crippen LogP contribution is -2.39. The Labute approximate surface area is 176 Å². The zero-order valence-electron chi connectivity index (χ0n) is 17.3. The number of pyridine rings is 1. The average molecular weight is 403 g/mol. The Morgan fingerprint density at radius 1 is 1.00 bits per heavy atom. The third-order valence-electron chi connectivity index (χ3n) is 7.23. The fraction of sp³-hybridized carbons (Fsp3) is 0.385. The second kappa shape index (κ2) is 7.82. The predicted octanol–water partition coefficient (Wildman–Crippen LogP) is 6.23. The summed E-state index contributed by atoms with van der Waals surface area (Å²) < 4.78 is 13.9. The molecule has 0 aliphatic heterocycles. The summed E-state index contributed by atoms with van der Waals surface area (Å²) in [5.41, 5.74) is 4.16. The zero-order chi connectivity index (χ0) is 20.7. The van der Waals surface area contributed by atoms with E-state index in [4.69, 9.17) is 0 Å². The van der Waals surface area contributed by atoms with Gasteiger partial charge in [0.05, 0.1) is 5.52 Å². The van der Waals surface area contributed by atoms with Gasteiger partial charge in [-0.1, -0.05) is 17.7 Å². The highest BCUT2D eigenvalue weighted by Crippen LogP contribution is 2.51. The van der Waals surface area contributed by atoms with Crippen molar-refractivity contribution in [2.24, 2.45) is 17.8 Å². The molecular formula is C26H27FN2O. The Hall–Kier alpha value is -2.75. The molecule has 2 aliphatic rings. The van der Waals surface area contributed by atoms with Crippen molar-refractivity contribution in [3.63, 3.8) is 0 Å². The standard InChI is InChI=1S/C26H27FN2O/c1-16-2-7-20(8-3-16)29-26(30)22-10-5-17-14-18(22)4-9-21(17)23-12-13-28-25-11-6-19(27)15-24(23)25/h2-3,6-8,11-13,15,17-18,21-22H,4-5,9-10,14H2,1H3,(H,29,30)/t17-,18-,21+,22-/m0/s1. The molecule has 0 spiro atoms. The van der Waals surface area contributed by atoms with Crippen LogP contribution in [0.2, 0.25) is 0 Å². The minimum Gasteiger partial charge on any atom is -0.326 e. The molecule has 3 aromatic rings. The van der Waals surface area contributed by atoms with E-state index in [1.807, 2.05) is 37.4 Å². The van der Waals surface area contributed by atoms with Crippen LogP contribution in [0.15, 0.2) is 54.7 Å². The van der Waals surface area contributed by atoms with Gasteiger partial charge in [0.1, 0.15) is 5.82 Å². The minimum atomic E-state index is -0.207. The summed E-state index contributed by atoms with van der Waals surface area (Å²) in [5.74, 6) is 1.47. The molecule has 2 aromatic carbocycles. The molecule has 0 radical (unpaired) electrons. The van der Waals surface area contributed by atoms with Crippen LogP contribution in [0, 0.1) is 30.5 Å². The number of fused-ring (bicyclic) bond motifs is 3. The van der Waals surface area contributed by atoms with Crippen molar-refractivity contribution in [1.82, 2.24) is 4.98 Å². The van der Waals surface area contributed by atoms with Crippen LogP contribution >= 0.6 is 0 Å². The van der Waals surface area contributed by atoms with E-state index < -0.39 is 0 Å². The van der Waals surface area contributed by atoms with Crippen LogP contribution < -0.4 is 5.32 Å². The molecule has 2 fully saturated rings. The number of rotatable bonds is 3. The summed E-state index contributed by atoms with van der Waals surface area (Å²) >= 11 is 0. The van der Waals surface area contributed by atoms with E-state index in [1.54, 1.807) is 12.1 Å². The first-order chi connectivity index (χ1) is 14.6. The summed E-state index contributed by atoms with van der Waals surface area (Å²) in [4.78, 5) is 17.4. The van der Waals surface area contributed by atoms with Crippen molar-refractivity contribution in [2.45, 2.75) is 44.9 Å². The summed E-state index contributed by atoms with van der Waals surface area (Å²) in [5, 5.41) is 4.07. The molecule has 2 aliphatic carbocycles. The maximum atomic E-state index is 13.9. The van der Waals surface area contributed by atoms with Crippen molar-refractivity contribution < 1.29 is 9.18 Å². The number of hydrogen-bond acceptors (Lipinski definition) is 2. The number of anilines is 1. The maximum absolute atomic E-state index is 13.9. The highest BCUT2D eigenvalue weighted by molar-refractivity contribution is 5.92. The van der Waals surface area contributed by atoms with E-state index >= 15 is 0 Å². The predicted molar refractivity (Wildman–Crippen MR) is 118 cm³/mol. The average Bonchev–Trinajstić information content (AvgIpc) is 2.75. The van der Waals surface area contributed by atoms with Gasteiger partial charge in [0, 0.05) is 23.2 Å². The van der Waals surface area contributed by atoms with E-state index in [-0.39, 0.29) is 17.6 Å². The first-order valence-corrected chi connectivity index (χ1v) is 11.0. The topological polar surface area (TPSA) is 42.0 Å². The first kappa shape index (κ1) is 19.2. The summed E-state index contributed by atoms with van der Waals surface area (Å²) in [6, 6.07) is 15.0. The van der Waals surface area contributed by atoms with E-state index in [0.717, 1.165) is 48.7 Å². The fourth-order valence-electron chi connectivity index (χ4n) is 5.70. The number of benzene rings is 2. The number of carbonyl (C=O) groups is 1. The van der Waals surface area contributed by atoms with Gasteiger partial charge < -0.3 is 5.32 Å². The van der Waals surface area contributed by atoms with Gasteiger partial charge in [-0.05, 0) is 98.7 Å². The van der Waals surface area contributed by atoms with Gasteiger partial charge in [0.25, 0.3) is 0 Å². The minimum absolute atomic E-state index is 0.0927. The molecule has 30 heavy (non-hydrogen) atoms. The van der Waals surface area contributed by atoms with Crippen molar-refractivity contribution >= 4 is 22.5 Å². The third kappa shape index (κ3) is 3.60. The van der Waals surface area contributed by atoms with Gasteiger partial charge >= 0.3 is 0 Å². The largest absolute Gasteiger partial charge is 0.326 e. The molecule has 5 rings (SSSR count). The van der Waals surface area contributed by atoms with Crippen molar-refractivity contribution in [3.05, 3.63) is 71.7 Å². The van der Waals surface area contributed by atoms with Crippen molar-refractivity contribution in [3.8, 4) is 0 Å². The van der Waals surface area contributed by atoms with E-state index in [2.05, 4.69) is 16.4 Å². The van der Waals surface area contributed by atoms with Crippen LogP contribution in [0.3, 0.4) is 0 Å². The van der Waals surface area contributed by atoms with Gasteiger partial charge in [-0.3, -0.25) is 9.78 Å². The summed E-state index contributed by atoms with van der Waals surface area (Å²) in [6.45, 7) is 2.05. The lowest BCUT2D eigenvalue weighted by molar-refractivity contribution is -0.123. The van der Waals surface area contributed by atoms with E-state index in [0.29, 0.717) is 17.8 Å². The van der Waals surface area contributed by atoms with Gasteiger partial charge in [0.2, 0.25) is 5.91 Å². The highest BCUT2D eigenvalue weighted by atomic mass is 19.1. The number of aryl methyl sites for hydroxylation is 1. The maximum Gasteiger partial charge on any atom is 0.227 e. The molecule has 2 saturated carbocycles.